The van der Waals surface area contributed by atoms with E-state index in [1.807, 2.05) is 24.3 Å². The van der Waals surface area contributed by atoms with Crippen molar-refractivity contribution in [2.45, 2.75) is 44.6 Å². The summed E-state index contributed by atoms with van der Waals surface area (Å²) in [5.41, 5.74) is 1.89. The lowest BCUT2D eigenvalue weighted by atomic mass is 9.55. The molecule has 168 valence electrons. The third kappa shape index (κ3) is 3.94. The van der Waals surface area contributed by atoms with E-state index in [0.717, 1.165) is 44.4 Å². The van der Waals surface area contributed by atoms with E-state index in [2.05, 4.69) is 17.0 Å². The van der Waals surface area contributed by atoms with Crippen LogP contribution in [0.15, 0.2) is 48.5 Å². The number of halogens is 1. The van der Waals surface area contributed by atoms with Gasteiger partial charge in [0.1, 0.15) is 11.5 Å². The molecule has 5 heteroatoms. The average molecular weight is 452 g/mol. The number of ether oxygens (including phenoxy) is 1. The molecule has 2 aliphatic carbocycles. The fourth-order valence-electron chi connectivity index (χ4n) is 6.57. The molecule has 1 aliphatic heterocycles. The van der Waals surface area contributed by atoms with E-state index in [-0.39, 0.29) is 17.9 Å². The number of benzene rings is 2. The van der Waals surface area contributed by atoms with Gasteiger partial charge in [-0.15, -0.1) is 0 Å². The highest BCUT2D eigenvalue weighted by Gasteiger charge is 2.52. The van der Waals surface area contributed by atoms with E-state index in [1.165, 1.54) is 5.56 Å². The summed E-state index contributed by atoms with van der Waals surface area (Å²) in [5, 5.41) is 0.644. The predicted molar refractivity (Wildman–Crippen MR) is 125 cm³/mol. The van der Waals surface area contributed by atoms with Crippen molar-refractivity contribution in [2.75, 3.05) is 13.7 Å². The molecule has 0 spiro atoms. The second kappa shape index (κ2) is 8.90. The number of carbonyl (C=O) groups excluding carboxylic acids is 2. The van der Waals surface area contributed by atoms with Gasteiger partial charge in [-0.2, -0.15) is 0 Å². The number of amides is 1. The molecule has 32 heavy (non-hydrogen) atoms. The molecule has 1 amide bonds. The van der Waals surface area contributed by atoms with E-state index in [4.69, 9.17) is 16.3 Å². The highest BCUT2D eigenvalue weighted by atomic mass is 35.5. The van der Waals surface area contributed by atoms with E-state index in [1.54, 1.807) is 19.2 Å². The molecule has 3 fully saturated rings. The molecule has 0 N–H and O–H groups in total. The summed E-state index contributed by atoms with van der Waals surface area (Å²) in [4.78, 5) is 28.7. The lowest BCUT2D eigenvalue weighted by Gasteiger charge is -2.55. The Labute approximate surface area is 194 Å². The first-order chi connectivity index (χ1) is 15.5. The third-order valence-corrected chi connectivity index (χ3v) is 8.27. The first-order valence-electron chi connectivity index (χ1n) is 11.8. The van der Waals surface area contributed by atoms with Gasteiger partial charge in [-0.3, -0.25) is 9.59 Å². The largest absolute Gasteiger partial charge is 0.497 e. The Hall–Kier alpha value is -2.33. The van der Waals surface area contributed by atoms with Crippen LogP contribution < -0.4 is 4.74 Å². The Morgan fingerprint density at radius 2 is 1.81 bits per heavy atom. The standard InChI is InChI=1S/C27H30ClNO3/c1-32-21-11-5-17(6-12-21)15-23-22-3-2-4-24-26(22)19(16-25(23)30)13-14-29(24)27(31)18-7-9-20(28)10-8-18/h5-12,19,22-24,26H,2-4,13-16H2,1H3/t19-,22+,23+,24+,26+/m1/s1. The smallest absolute Gasteiger partial charge is 0.254 e. The number of carbonyl (C=O) groups is 2. The number of piperidine rings is 1. The number of Topliss-reactive ketones (excluding diaryl/α,β-unsaturated/α-hetero) is 1. The number of methoxy groups -OCH3 is 1. The highest BCUT2D eigenvalue weighted by Crippen LogP contribution is 2.51. The van der Waals surface area contributed by atoms with Gasteiger partial charge in [0.25, 0.3) is 5.91 Å². The molecule has 1 saturated heterocycles. The van der Waals surface area contributed by atoms with Crippen LogP contribution in [0, 0.1) is 23.7 Å². The van der Waals surface area contributed by atoms with Gasteiger partial charge in [-0.05, 0) is 85.4 Å². The number of nitrogens with zero attached hydrogens (tertiary/aromatic N) is 1. The Morgan fingerprint density at radius 1 is 1.06 bits per heavy atom. The van der Waals surface area contributed by atoms with Gasteiger partial charge < -0.3 is 9.64 Å². The van der Waals surface area contributed by atoms with E-state index in [0.29, 0.717) is 40.5 Å². The maximum Gasteiger partial charge on any atom is 0.254 e. The summed E-state index contributed by atoms with van der Waals surface area (Å²) in [5.74, 6) is 2.62. The molecule has 4 nitrogen and oxygen atoms in total. The molecule has 0 aromatic heterocycles. The molecular weight excluding hydrogens is 422 g/mol. The van der Waals surface area contributed by atoms with Crippen LogP contribution in [0.25, 0.3) is 0 Å². The Morgan fingerprint density at radius 3 is 2.53 bits per heavy atom. The van der Waals surface area contributed by atoms with E-state index >= 15 is 0 Å². The van der Waals surface area contributed by atoms with Gasteiger partial charge in [0.15, 0.2) is 0 Å². The molecule has 0 unspecified atom stereocenters. The van der Waals surface area contributed by atoms with Crippen LogP contribution >= 0.6 is 11.6 Å². The molecule has 2 aromatic carbocycles. The second-order valence-electron chi connectivity index (χ2n) is 9.62. The zero-order valence-electron chi connectivity index (χ0n) is 18.5. The van der Waals surface area contributed by atoms with Crippen molar-refractivity contribution in [3.63, 3.8) is 0 Å². The van der Waals surface area contributed by atoms with Gasteiger partial charge in [0.2, 0.25) is 0 Å². The lowest BCUT2D eigenvalue weighted by molar-refractivity contribution is -0.137. The first kappa shape index (κ1) is 21.5. The monoisotopic (exact) mass is 451 g/mol. The van der Waals surface area contributed by atoms with Crippen molar-refractivity contribution in [3.05, 3.63) is 64.7 Å². The minimum absolute atomic E-state index is 0.0537. The summed E-state index contributed by atoms with van der Waals surface area (Å²) in [6.07, 6.45) is 5.59. The zero-order chi connectivity index (χ0) is 22.2. The summed E-state index contributed by atoms with van der Waals surface area (Å²) >= 11 is 6.03. The Balaban J connectivity index is 1.38. The van der Waals surface area contributed by atoms with Crippen LogP contribution in [0.4, 0.5) is 0 Å². The minimum Gasteiger partial charge on any atom is -0.497 e. The summed E-state index contributed by atoms with van der Waals surface area (Å²) in [6, 6.07) is 15.6. The quantitative estimate of drug-likeness (QED) is 0.622. The van der Waals surface area contributed by atoms with Gasteiger partial charge in [0, 0.05) is 35.5 Å². The van der Waals surface area contributed by atoms with E-state index in [9.17, 15) is 9.59 Å². The third-order valence-electron chi connectivity index (χ3n) is 8.02. The Kier molecular flexibility index (Phi) is 5.98. The van der Waals surface area contributed by atoms with Crippen molar-refractivity contribution < 1.29 is 14.3 Å². The number of likely N-dealkylation sites (tertiary alicyclic amines) is 1. The van der Waals surface area contributed by atoms with Crippen LogP contribution in [0.2, 0.25) is 5.02 Å². The zero-order valence-corrected chi connectivity index (χ0v) is 19.3. The molecule has 3 aliphatic rings. The van der Waals surface area contributed by atoms with Crippen LogP contribution in [-0.2, 0) is 11.2 Å². The molecule has 5 rings (SSSR count). The Bertz CT molecular complexity index is 987. The topological polar surface area (TPSA) is 46.6 Å². The SMILES string of the molecule is COc1ccc(C[C@@H]2C(=O)C[C@H]3CCN(C(=O)c4ccc(Cl)cc4)[C@H]4CCC[C@@H]2[C@H]34)cc1. The summed E-state index contributed by atoms with van der Waals surface area (Å²) in [6.45, 7) is 0.746. The normalized spacial score (nSPS) is 29.4. The van der Waals surface area contributed by atoms with Crippen molar-refractivity contribution in [2.24, 2.45) is 23.7 Å². The molecule has 5 atom stereocenters. The highest BCUT2D eigenvalue weighted by molar-refractivity contribution is 6.30. The molecule has 0 radical (unpaired) electrons. The lowest BCUT2D eigenvalue weighted by Crippen LogP contribution is -2.59. The van der Waals surface area contributed by atoms with Gasteiger partial charge in [0.05, 0.1) is 7.11 Å². The first-order valence-corrected chi connectivity index (χ1v) is 12.1. The maximum absolute atomic E-state index is 13.4. The fourth-order valence-corrected chi connectivity index (χ4v) is 6.70. The molecular formula is C27H30ClNO3. The van der Waals surface area contributed by atoms with Crippen molar-refractivity contribution in [3.8, 4) is 5.75 Å². The van der Waals surface area contributed by atoms with Crippen LogP contribution in [-0.4, -0.2) is 36.3 Å². The van der Waals surface area contributed by atoms with Crippen molar-refractivity contribution >= 4 is 23.3 Å². The van der Waals surface area contributed by atoms with E-state index < -0.39 is 0 Å². The predicted octanol–water partition coefficient (Wildman–Crippen LogP) is 5.43. The van der Waals surface area contributed by atoms with Crippen LogP contribution in [0.1, 0.15) is 48.0 Å². The summed E-state index contributed by atoms with van der Waals surface area (Å²) in [7, 11) is 1.67. The van der Waals surface area contributed by atoms with Crippen molar-refractivity contribution in [1.82, 2.24) is 4.90 Å². The molecule has 2 saturated carbocycles. The van der Waals surface area contributed by atoms with Gasteiger partial charge >= 0.3 is 0 Å². The van der Waals surface area contributed by atoms with Crippen molar-refractivity contribution in [1.29, 1.82) is 0 Å². The summed E-state index contributed by atoms with van der Waals surface area (Å²) < 4.78 is 5.28. The average Bonchev–Trinajstić information content (AvgIpc) is 2.82. The fraction of sp³-hybridized carbons (Fsp3) is 0.481. The molecule has 1 heterocycles. The number of hydrogen-bond acceptors (Lipinski definition) is 3. The second-order valence-corrected chi connectivity index (χ2v) is 10.1. The van der Waals surface area contributed by atoms with Crippen LogP contribution in [0.3, 0.4) is 0 Å². The minimum atomic E-state index is 0.0537. The molecule has 0 bridgehead atoms. The molecule has 2 aromatic rings. The number of ketones is 1. The maximum atomic E-state index is 13.4. The van der Waals surface area contributed by atoms with Gasteiger partial charge in [-0.1, -0.05) is 30.2 Å². The van der Waals surface area contributed by atoms with Crippen LogP contribution in [0.5, 0.6) is 5.75 Å². The number of hydrogen-bond donors (Lipinski definition) is 0. The van der Waals surface area contributed by atoms with Gasteiger partial charge in [-0.25, -0.2) is 0 Å². The number of rotatable bonds is 4.